The molecule has 0 heterocycles. The van der Waals surface area contributed by atoms with Crippen molar-refractivity contribution in [3.8, 4) is 0 Å². The smallest absolute Gasteiger partial charge is 0.306 e. The Morgan fingerprint density at radius 1 is 0.462 bits per heavy atom. The van der Waals surface area contributed by atoms with E-state index in [4.69, 9.17) is 23.7 Å². The number of likely N-dealkylation sites (N-methyl/N-ethyl adjacent to an activating group) is 1. The zero-order valence-electron chi connectivity index (χ0n) is 43.0. The average Bonchev–Trinajstić information content (AvgIpc) is 3.29. The van der Waals surface area contributed by atoms with Crippen molar-refractivity contribution in [2.75, 3.05) is 47.1 Å². The van der Waals surface area contributed by atoms with Gasteiger partial charge in [0.15, 0.2) is 0 Å². The van der Waals surface area contributed by atoms with Gasteiger partial charge in [0, 0.05) is 39.0 Å². The number of aryl methyl sites for hydroxylation is 1. The Labute approximate surface area is 399 Å². The molecular formula is C56H101NO8. The second-order valence-corrected chi connectivity index (χ2v) is 19.0. The van der Waals surface area contributed by atoms with Crippen LogP contribution in [-0.2, 0) is 57.7 Å². The summed E-state index contributed by atoms with van der Waals surface area (Å²) < 4.78 is 29.1. The van der Waals surface area contributed by atoms with Crippen LogP contribution in [0.15, 0.2) is 18.2 Å². The number of unbranched alkanes of at least 4 members (excludes halogenated alkanes) is 23. The van der Waals surface area contributed by atoms with Gasteiger partial charge in [0.2, 0.25) is 0 Å². The molecule has 0 unspecified atom stereocenters. The van der Waals surface area contributed by atoms with Crippen molar-refractivity contribution in [3.05, 3.63) is 34.9 Å². The van der Waals surface area contributed by atoms with Crippen LogP contribution in [0.5, 0.6) is 0 Å². The number of esters is 3. The fourth-order valence-corrected chi connectivity index (χ4v) is 8.13. The molecule has 0 aliphatic heterocycles. The van der Waals surface area contributed by atoms with Crippen LogP contribution < -0.4 is 0 Å². The number of hydrogen-bond acceptors (Lipinski definition) is 9. The number of nitrogens with zero attached hydrogens (tertiary/aromatic N) is 1. The predicted octanol–water partition coefficient (Wildman–Crippen LogP) is 14.8. The summed E-state index contributed by atoms with van der Waals surface area (Å²) in [7, 11) is 3.92. The Kier molecular flexibility index (Phi) is 42.2. The Balaban J connectivity index is 2.46. The molecule has 0 fully saturated rings. The highest BCUT2D eigenvalue weighted by Crippen LogP contribution is 2.20. The highest BCUT2D eigenvalue weighted by Gasteiger charge is 2.15. The first-order valence-electron chi connectivity index (χ1n) is 27.2. The molecule has 378 valence electrons. The van der Waals surface area contributed by atoms with Crippen molar-refractivity contribution in [2.24, 2.45) is 0 Å². The Morgan fingerprint density at radius 3 is 1.46 bits per heavy atom. The van der Waals surface area contributed by atoms with Crippen LogP contribution >= 0.6 is 0 Å². The molecular weight excluding hydrogens is 815 g/mol. The highest BCUT2D eigenvalue weighted by atomic mass is 16.5. The maximum atomic E-state index is 12.9. The second-order valence-electron chi connectivity index (χ2n) is 19.0. The molecule has 0 radical (unpaired) electrons. The largest absolute Gasteiger partial charge is 0.466 e. The van der Waals surface area contributed by atoms with Crippen LogP contribution in [0.2, 0.25) is 0 Å². The van der Waals surface area contributed by atoms with Crippen molar-refractivity contribution in [1.82, 2.24) is 4.90 Å². The molecule has 0 bridgehead atoms. The number of benzene rings is 1. The fraction of sp³-hybridized carbons (Fsp3) is 0.839. The zero-order chi connectivity index (χ0) is 47.3. The number of carbonyl (C=O) groups excluding carboxylic acids is 3. The van der Waals surface area contributed by atoms with E-state index in [1.165, 1.54) is 116 Å². The van der Waals surface area contributed by atoms with Crippen LogP contribution in [0.25, 0.3) is 0 Å². The number of carbonyl (C=O) groups is 3. The molecule has 0 aliphatic rings. The van der Waals surface area contributed by atoms with E-state index in [1.54, 1.807) is 0 Å². The third kappa shape index (κ3) is 39.2. The molecule has 9 heteroatoms. The molecule has 0 spiro atoms. The van der Waals surface area contributed by atoms with Gasteiger partial charge in [0.25, 0.3) is 0 Å². The lowest BCUT2D eigenvalue weighted by Gasteiger charge is -2.18. The second kappa shape index (κ2) is 45.3. The first-order valence-corrected chi connectivity index (χ1v) is 27.2. The van der Waals surface area contributed by atoms with Gasteiger partial charge in [0.05, 0.1) is 19.8 Å². The molecule has 0 amide bonds. The lowest BCUT2D eigenvalue weighted by atomic mass is 10.0. The molecule has 0 N–H and O–H groups in total. The number of hydrogen-bond donors (Lipinski definition) is 0. The van der Waals surface area contributed by atoms with E-state index in [9.17, 15) is 14.4 Å². The molecule has 9 nitrogen and oxygen atoms in total. The summed E-state index contributed by atoms with van der Waals surface area (Å²) in [6, 6.07) is 6.31. The van der Waals surface area contributed by atoms with Crippen molar-refractivity contribution in [3.63, 3.8) is 0 Å². The maximum Gasteiger partial charge on any atom is 0.306 e. The van der Waals surface area contributed by atoms with E-state index in [1.807, 2.05) is 19.0 Å². The summed E-state index contributed by atoms with van der Waals surface area (Å²) in [6.07, 6.45) is 36.9. The molecule has 1 aromatic carbocycles. The summed E-state index contributed by atoms with van der Waals surface area (Å²) >= 11 is 0. The van der Waals surface area contributed by atoms with Gasteiger partial charge < -0.3 is 28.6 Å². The van der Waals surface area contributed by atoms with E-state index < -0.39 is 0 Å². The third-order valence-corrected chi connectivity index (χ3v) is 12.4. The van der Waals surface area contributed by atoms with Crippen LogP contribution in [0.3, 0.4) is 0 Å². The van der Waals surface area contributed by atoms with Crippen LogP contribution in [0, 0.1) is 0 Å². The van der Waals surface area contributed by atoms with Gasteiger partial charge in [-0.3, -0.25) is 14.4 Å². The van der Waals surface area contributed by atoms with Gasteiger partial charge in [-0.05, 0) is 95.0 Å². The number of ether oxygens (including phenoxy) is 5. The van der Waals surface area contributed by atoms with E-state index in [2.05, 4.69) is 39.0 Å². The standard InChI is InChI=1S/C56H101NO8/c1-6-9-12-15-18-21-24-33-45-63-54(58)36-29-25-32-44-62-49-52-39-38-50(47-51(52)40-41-55(59)64-46-42-57(4)5)48-61-43-31-26-30-37-56(60)65-53(34-27-22-19-16-13-10-7-2)35-28-23-20-17-14-11-8-3/h38-39,47,53H,6-37,40-46,48-49H2,1-5H3. The zero-order valence-corrected chi connectivity index (χ0v) is 43.0. The van der Waals surface area contributed by atoms with Gasteiger partial charge in [-0.2, -0.15) is 0 Å². The SMILES string of the molecule is CCCCCCCCCCOC(=O)CCCCCOCc1ccc(COCCCCCC(=O)OC(CCCCCCCCC)CCCCCCCCC)cc1CCC(=O)OCCN(C)C. The summed E-state index contributed by atoms with van der Waals surface area (Å²) in [5, 5.41) is 0. The molecule has 1 rings (SSSR count). The molecule has 0 saturated heterocycles. The van der Waals surface area contributed by atoms with E-state index in [0.29, 0.717) is 71.9 Å². The van der Waals surface area contributed by atoms with E-state index in [-0.39, 0.29) is 24.0 Å². The van der Waals surface area contributed by atoms with E-state index >= 15 is 0 Å². The van der Waals surface area contributed by atoms with Gasteiger partial charge in [-0.1, -0.05) is 174 Å². The average molecular weight is 916 g/mol. The van der Waals surface area contributed by atoms with Gasteiger partial charge in [-0.15, -0.1) is 0 Å². The minimum atomic E-state index is -0.197. The predicted molar refractivity (Wildman–Crippen MR) is 269 cm³/mol. The summed E-state index contributed by atoms with van der Waals surface area (Å²) in [5.74, 6) is -0.329. The molecule has 0 aliphatic carbocycles. The van der Waals surface area contributed by atoms with Crippen molar-refractivity contribution in [2.45, 2.75) is 258 Å². The molecule has 0 aromatic heterocycles. The minimum Gasteiger partial charge on any atom is -0.466 e. The van der Waals surface area contributed by atoms with E-state index in [0.717, 1.165) is 93.7 Å². The Bertz CT molecular complexity index is 1240. The van der Waals surface area contributed by atoms with Crippen LogP contribution in [0.1, 0.15) is 249 Å². The Morgan fingerprint density at radius 2 is 0.908 bits per heavy atom. The van der Waals surface area contributed by atoms with Crippen molar-refractivity contribution in [1.29, 1.82) is 0 Å². The lowest BCUT2D eigenvalue weighted by molar-refractivity contribution is -0.150. The van der Waals surface area contributed by atoms with Gasteiger partial charge >= 0.3 is 17.9 Å². The molecule has 1 aromatic rings. The first-order chi connectivity index (χ1) is 31.8. The first kappa shape index (κ1) is 60.5. The monoisotopic (exact) mass is 916 g/mol. The minimum absolute atomic E-state index is 0.0404. The summed E-state index contributed by atoms with van der Waals surface area (Å²) in [4.78, 5) is 39.6. The highest BCUT2D eigenvalue weighted by molar-refractivity contribution is 5.70. The Hall–Kier alpha value is -2.49. The lowest BCUT2D eigenvalue weighted by Crippen LogP contribution is -2.20. The van der Waals surface area contributed by atoms with Crippen LogP contribution in [-0.4, -0.2) is 76.0 Å². The quantitative estimate of drug-likeness (QED) is 0.0359. The molecule has 0 saturated carbocycles. The van der Waals surface area contributed by atoms with Crippen molar-refractivity contribution < 1.29 is 38.1 Å². The summed E-state index contributed by atoms with van der Waals surface area (Å²) in [5.41, 5.74) is 3.21. The maximum absolute atomic E-state index is 12.9. The normalized spacial score (nSPS) is 11.5. The van der Waals surface area contributed by atoms with Crippen LogP contribution in [0.4, 0.5) is 0 Å². The fourth-order valence-electron chi connectivity index (χ4n) is 8.13. The third-order valence-electron chi connectivity index (χ3n) is 12.4. The van der Waals surface area contributed by atoms with Crippen molar-refractivity contribution >= 4 is 17.9 Å². The van der Waals surface area contributed by atoms with Gasteiger partial charge in [-0.25, -0.2) is 0 Å². The molecule has 65 heavy (non-hydrogen) atoms. The number of rotatable bonds is 48. The molecule has 0 atom stereocenters. The topological polar surface area (TPSA) is 101 Å². The van der Waals surface area contributed by atoms with Gasteiger partial charge in [0.1, 0.15) is 12.7 Å². The summed E-state index contributed by atoms with van der Waals surface area (Å²) in [6.45, 7) is 10.6.